The topological polar surface area (TPSA) is 29.1 Å². The molecule has 0 atom stereocenters. The van der Waals surface area contributed by atoms with Gasteiger partial charge < -0.3 is 5.32 Å². The Morgan fingerprint density at radius 2 is 2.46 bits per heavy atom. The van der Waals surface area contributed by atoms with Crippen LogP contribution in [0.5, 0.6) is 0 Å². The van der Waals surface area contributed by atoms with Crippen molar-refractivity contribution in [2.24, 2.45) is 0 Å². The van der Waals surface area contributed by atoms with Gasteiger partial charge in [-0.05, 0) is 26.9 Å². The first-order chi connectivity index (χ1) is 6.24. The molecule has 4 heteroatoms. The quantitative estimate of drug-likeness (QED) is 0.823. The molecule has 1 heterocycles. The normalized spacial score (nSPS) is 9.23. The lowest BCUT2D eigenvalue weighted by Gasteiger charge is -1.99. The maximum Gasteiger partial charge on any atom is 0.225 e. The Labute approximate surface area is 89.5 Å². The summed E-state index contributed by atoms with van der Waals surface area (Å²) in [5.74, 6) is 2.31. The van der Waals surface area contributed by atoms with Gasteiger partial charge in [0.15, 0.2) is 0 Å². The molecule has 1 rings (SSSR count). The van der Waals surface area contributed by atoms with Crippen LogP contribution >= 0.6 is 27.3 Å². The van der Waals surface area contributed by atoms with Gasteiger partial charge in [0.25, 0.3) is 0 Å². The summed E-state index contributed by atoms with van der Waals surface area (Å²) in [5.41, 5.74) is 1.000. The first kappa shape index (κ1) is 10.3. The van der Waals surface area contributed by atoms with Crippen molar-refractivity contribution in [2.45, 2.75) is 6.42 Å². The van der Waals surface area contributed by atoms with Crippen LogP contribution in [0.4, 0.5) is 0 Å². The molecular formula is C9H8BrNOS. The van der Waals surface area contributed by atoms with Gasteiger partial charge in [-0.15, -0.1) is 6.42 Å². The molecule has 0 spiro atoms. The largest absolute Gasteiger partial charge is 0.345 e. The van der Waals surface area contributed by atoms with Crippen molar-refractivity contribution < 1.29 is 4.79 Å². The molecule has 1 aromatic heterocycles. The van der Waals surface area contributed by atoms with Gasteiger partial charge in [0.1, 0.15) is 0 Å². The van der Waals surface area contributed by atoms with Crippen LogP contribution in [-0.2, 0) is 11.2 Å². The minimum atomic E-state index is -0.0444. The lowest BCUT2D eigenvalue weighted by Crippen LogP contribution is -2.25. The van der Waals surface area contributed by atoms with Crippen LogP contribution in [0, 0.1) is 12.3 Å². The van der Waals surface area contributed by atoms with Gasteiger partial charge in [-0.25, -0.2) is 0 Å². The molecule has 0 aliphatic rings. The van der Waals surface area contributed by atoms with Crippen LogP contribution in [0.3, 0.4) is 0 Å². The van der Waals surface area contributed by atoms with Gasteiger partial charge in [-0.1, -0.05) is 5.92 Å². The molecule has 0 bridgehead atoms. The molecule has 1 aromatic rings. The molecule has 1 amide bonds. The van der Waals surface area contributed by atoms with Gasteiger partial charge in [-0.2, -0.15) is 11.3 Å². The fourth-order valence-electron chi connectivity index (χ4n) is 0.819. The third kappa shape index (κ3) is 3.21. The average Bonchev–Trinajstić information content (AvgIpc) is 2.48. The molecule has 13 heavy (non-hydrogen) atoms. The monoisotopic (exact) mass is 257 g/mol. The predicted octanol–water partition coefficient (Wildman–Crippen LogP) is 1.80. The Bertz CT molecular complexity index is 340. The highest BCUT2D eigenvalue weighted by Crippen LogP contribution is 2.21. The van der Waals surface area contributed by atoms with Crippen molar-refractivity contribution in [1.29, 1.82) is 0 Å². The molecule has 2 nitrogen and oxygen atoms in total. The zero-order chi connectivity index (χ0) is 9.68. The second kappa shape index (κ2) is 5.05. The molecule has 0 aliphatic carbocycles. The van der Waals surface area contributed by atoms with Crippen LogP contribution < -0.4 is 5.32 Å². The number of rotatable bonds is 3. The van der Waals surface area contributed by atoms with Gasteiger partial charge in [0.2, 0.25) is 5.91 Å². The zero-order valence-corrected chi connectivity index (χ0v) is 9.24. The second-order valence-electron chi connectivity index (χ2n) is 2.40. The summed E-state index contributed by atoms with van der Waals surface area (Å²) >= 11 is 4.92. The van der Waals surface area contributed by atoms with Crippen molar-refractivity contribution >= 4 is 33.2 Å². The van der Waals surface area contributed by atoms with Crippen LogP contribution in [0.25, 0.3) is 0 Å². The van der Waals surface area contributed by atoms with Gasteiger partial charge >= 0.3 is 0 Å². The summed E-state index contributed by atoms with van der Waals surface area (Å²) in [6, 6.07) is 0. The summed E-state index contributed by atoms with van der Waals surface area (Å²) in [7, 11) is 0. The fourth-order valence-corrected chi connectivity index (χ4v) is 2.26. The van der Waals surface area contributed by atoms with Gasteiger partial charge in [-0.3, -0.25) is 4.79 Å². The number of nitrogens with one attached hydrogen (secondary N) is 1. The molecule has 0 aliphatic heterocycles. The molecule has 0 saturated carbocycles. The van der Waals surface area contributed by atoms with E-state index in [2.05, 4.69) is 27.2 Å². The first-order valence-corrected chi connectivity index (χ1v) is 5.38. The summed E-state index contributed by atoms with van der Waals surface area (Å²) in [5, 5.41) is 6.50. The number of hydrogen-bond acceptors (Lipinski definition) is 2. The van der Waals surface area contributed by atoms with Crippen molar-refractivity contribution in [2.75, 3.05) is 6.54 Å². The van der Waals surface area contributed by atoms with Crippen LogP contribution in [-0.4, -0.2) is 12.5 Å². The maximum absolute atomic E-state index is 11.2. The summed E-state index contributed by atoms with van der Waals surface area (Å²) in [4.78, 5) is 11.2. The average molecular weight is 258 g/mol. The number of halogens is 1. The van der Waals surface area contributed by atoms with E-state index in [1.807, 2.05) is 10.8 Å². The van der Waals surface area contributed by atoms with E-state index in [0.29, 0.717) is 13.0 Å². The van der Waals surface area contributed by atoms with E-state index in [9.17, 15) is 4.79 Å². The highest BCUT2D eigenvalue weighted by atomic mass is 79.9. The van der Waals surface area contributed by atoms with E-state index in [1.165, 1.54) is 0 Å². The molecular weight excluding hydrogens is 250 g/mol. The Hall–Kier alpha value is -0.790. The molecule has 1 N–H and O–H groups in total. The minimum Gasteiger partial charge on any atom is -0.345 e. The second-order valence-corrected chi connectivity index (χ2v) is 4.00. The number of carbonyl (C=O) groups excluding carboxylic acids is 1. The van der Waals surface area contributed by atoms with Crippen LogP contribution in [0.1, 0.15) is 5.56 Å². The number of thiophene rings is 1. The van der Waals surface area contributed by atoms with Crippen LogP contribution in [0.2, 0.25) is 0 Å². The SMILES string of the molecule is C#CCNC(=O)Cc1cscc1Br. The van der Waals surface area contributed by atoms with Crippen molar-refractivity contribution in [1.82, 2.24) is 5.32 Å². The number of carbonyl (C=O) groups is 1. The summed E-state index contributed by atoms with van der Waals surface area (Å²) in [6.45, 7) is 0.292. The van der Waals surface area contributed by atoms with E-state index in [0.717, 1.165) is 10.0 Å². The predicted molar refractivity (Wildman–Crippen MR) is 57.6 cm³/mol. The Kier molecular flexibility index (Phi) is 4.00. The standard InChI is InChI=1S/C9H8BrNOS/c1-2-3-11-9(12)4-7-5-13-6-8(7)10/h1,5-6H,3-4H2,(H,11,12). The van der Waals surface area contributed by atoms with Crippen molar-refractivity contribution in [3.8, 4) is 12.3 Å². The molecule has 0 fully saturated rings. The number of terminal acetylenes is 1. The Morgan fingerprint density at radius 1 is 1.69 bits per heavy atom. The highest BCUT2D eigenvalue weighted by molar-refractivity contribution is 9.10. The lowest BCUT2D eigenvalue weighted by atomic mass is 10.2. The van der Waals surface area contributed by atoms with Gasteiger partial charge in [0, 0.05) is 9.85 Å². The number of hydrogen-bond donors (Lipinski definition) is 1. The Morgan fingerprint density at radius 3 is 3.00 bits per heavy atom. The van der Waals surface area contributed by atoms with Crippen molar-refractivity contribution in [3.63, 3.8) is 0 Å². The van der Waals surface area contributed by atoms with E-state index in [4.69, 9.17) is 6.42 Å². The molecule has 68 valence electrons. The smallest absolute Gasteiger partial charge is 0.225 e. The molecule has 0 saturated heterocycles. The highest BCUT2D eigenvalue weighted by Gasteiger charge is 2.05. The van der Waals surface area contributed by atoms with E-state index in [-0.39, 0.29) is 5.91 Å². The van der Waals surface area contributed by atoms with E-state index < -0.39 is 0 Å². The summed E-state index contributed by atoms with van der Waals surface area (Å²) < 4.78 is 0.980. The fraction of sp³-hybridized carbons (Fsp3) is 0.222. The third-order valence-electron chi connectivity index (χ3n) is 1.43. The minimum absolute atomic E-state index is 0.0444. The summed E-state index contributed by atoms with van der Waals surface area (Å²) in [6.07, 6.45) is 5.39. The van der Waals surface area contributed by atoms with E-state index >= 15 is 0 Å². The van der Waals surface area contributed by atoms with Crippen LogP contribution in [0.15, 0.2) is 15.2 Å². The zero-order valence-electron chi connectivity index (χ0n) is 6.84. The van der Waals surface area contributed by atoms with Crippen molar-refractivity contribution in [3.05, 3.63) is 20.8 Å². The Balaban J connectivity index is 2.46. The number of amides is 1. The molecule has 0 aromatic carbocycles. The molecule has 0 unspecified atom stereocenters. The third-order valence-corrected chi connectivity index (χ3v) is 3.26. The first-order valence-electron chi connectivity index (χ1n) is 3.64. The maximum atomic E-state index is 11.2. The lowest BCUT2D eigenvalue weighted by molar-refractivity contribution is -0.120. The molecule has 0 radical (unpaired) electrons. The van der Waals surface area contributed by atoms with Gasteiger partial charge in [0.05, 0.1) is 13.0 Å². The van der Waals surface area contributed by atoms with E-state index in [1.54, 1.807) is 11.3 Å².